The number of hydrogen-bond donors (Lipinski definition) is 2. The number of aliphatic carboxylic acids is 1. The number of hydrogen-bond acceptors (Lipinski definition) is 2. The van der Waals surface area contributed by atoms with Gasteiger partial charge in [0, 0.05) is 17.5 Å². The molecule has 0 unspecified atom stereocenters. The molecule has 0 aromatic heterocycles. The van der Waals surface area contributed by atoms with Crippen molar-refractivity contribution in [2.45, 2.75) is 38.5 Å². The minimum atomic E-state index is -0.815. The number of benzene rings is 2. The molecule has 4 nitrogen and oxygen atoms in total. The van der Waals surface area contributed by atoms with Crippen LogP contribution in [0.2, 0.25) is 0 Å². The first-order valence-corrected chi connectivity index (χ1v) is 8.07. The summed E-state index contributed by atoms with van der Waals surface area (Å²) in [5.41, 5.74) is 0.414. The van der Waals surface area contributed by atoms with Gasteiger partial charge in [0.1, 0.15) is 0 Å². The fourth-order valence-electron chi connectivity index (χ4n) is 3.73. The molecule has 3 rings (SSSR count). The van der Waals surface area contributed by atoms with Crippen LogP contribution in [0.25, 0.3) is 10.8 Å². The second-order valence-corrected chi connectivity index (χ2v) is 6.53. The molecule has 23 heavy (non-hydrogen) atoms. The van der Waals surface area contributed by atoms with Crippen molar-refractivity contribution in [3.05, 3.63) is 42.5 Å². The number of carboxylic acid groups (broad SMARTS) is 1. The Hall–Kier alpha value is -2.36. The minimum absolute atomic E-state index is 0.0793. The average molecular weight is 311 g/mol. The van der Waals surface area contributed by atoms with Crippen molar-refractivity contribution in [1.29, 1.82) is 0 Å². The summed E-state index contributed by atoms with van der Waals surface area (Å²) in [4.78, 5) is 23.6. The largest absolute Gasteiger partial charge is 0.481 e. The SMILES string of the molecule is O=C(O)CC1(CC(=O)Nc2cccc3ccccc23)CCCC1. The number of rotatable bonds is 5. The molecule has 2 N–H and O–H groups in total. The highest BCUT2D eigenvalue weighted by Crippen LogP contribution is 2.44. The number of nitrogens with one attached hydrogen (secondary N) is 1. The monoisotopic (exact) mass is 311 g/mol. The Kier molecular flexibility index (Phi) is 4.33. The first-order valence-electron chi connectivity index (χ1n) is 8.07. The molecule has 0 atom stereocenters. The highest BCUT2D eigenvalue weighted by molar-refractivity contribution is 6.02. The van der Waals surface area contributed by atoms with E-state index in [1.807, 2.05) is 42.5 Å². The first-order chi connectivity index (χ1) is 11.1. The Morgan fingerprint density at radius 2 is 1.70 bits per heavy atom. The molecule has 1 aliphatic carbocycles. The number of carboxylic acids is 1. The van der Waals surface area contributed by atoms with Crippen LogP contribution in [0.15, 0.2) is 42.5 Å². The zero-order valence-electron chi connectivity index (χ0n) is 13.0. The third-order valence-corrected chi connectivity index (χ3v) is 4.79. The summed E-state index contributed by atoms with van der Waals surface area (Å²) in [5, 5.41) is 14.2. The summed E-state index contributed by atoms with van der Waals surface area (Å²) in [6.07, 6.45) is 4.02. The molecular weight excluding hydrogens is 290 g/mol. The van der Waals surface area contributed by atoms with Crippen LogP contribution in [0.3, 0.4) is 0 Å². The maximum Gasteiger partial charge on any atom is 0.303 e. The maximum atomic E-state index is 12.5. The Bertz CT molecular complexity index is 727. The molecule has 1 aliphatic rings. The van der Waals surface area contributed by atoms with Crippen molar-refractivity contribution in [1.82, 2.24) is 0 Å². The topological polar surface area (TPSA) is 66.4 Å². The lowest BCUT2D eigenvalue weighted by Crippen LogP contribution is -2.27. The normalized spacial score (nSPS) is 16.3. The van der Waals surface area contributed by atoms with E-state index >= 15 is 0 Å². The van der Waals surface area contributed by atoms with Gasteiger partial charge in [0.15, 0.2) is 0 Å². The molecule has 0 saturated heterocycles. The Labute approximate surface area is 135 Å². The van der Waals surface area contributed by atoms with Gasteiger partial charge >= 0.3 is 5.97 Å². The molecule has 120 valence electrons. The van der Waals surface area contributed by atoms with E-state index in [1.165, 1.54) is 0 Å². The number of anilines is 1. The molecule has 0 heterocycles. The third-order valence-electron chi connectivity index (χ3n) is 4.79. The van der Waals surface area contributed by atoms with Gasteiger partial charge in [-0.25, -0.2) is 0 Å². The number of carbonyl (C=O) groups excluding carboxylic acids is 1. The highest BCUT2D eigenvalue weighted by atomic mass is 16.4. The Morgan fingerprint density at radius 3 is 2.43 bits per heavy atom. The fraction of sp³-hybridized carbons (Fsp3) is 0.368. The molecule has 1 saturated carbocycles. The second kappa shape index (κ2) is 6.41. The van der Waals surface area contributed by atoms with Crippen molar-refractivity contribution < 1.29 is 14.7 Å². The molecule has 0 radical (unpaired) electrons. The third kappa shape index (κ3) is 3.52. The van der Waals surface area contributed by atoms with Gasteiger partial charge in [-0.05, 0) is 29.7 Å². The zero-order valence-corrected chi connectivity index (χ0v) is 13.0. The summed E-state index contributed by atoms with van der Waals surface area (Å²) in [7, 11) is 0. The van der Waals surface area contributed by atoms with E-state index in [0.29, 0.717) is 0 Å². The van der Waals surface area contributed by atoms with Crippen molar-refractivity contribution in [3.63, 3.8) is 0 Å². The molecule has 0 spiro atoms. The number of carbonyl (C=O) groups is 2. The van der Waals surface area contributed by atoms with Crippen molar-refractivity contribution in [3.8, 4) is 0 Å². The predicted octanol–water partition coefficient (Wildman–Crippen LogP) is 4.20. The molecular formula is C19H21NO3. The molecule has 0 bridgehead atoms. The minimum Gasteiger partial charge on any atom is -0.481 e. The van der Waals surface area contributed by atoms with Crippen LogP contribution in [0.1, 0.15) is 38.5 Å². The van der Waals surface area contributed by atoms with E-state index in [2.05, 4.69) is 5.32 Å². The summed E-state index contributed by atoms with van der Waals surface area (Å²) in [6, 6.07) is 13.7. The lowest BCUT2D eigenvalue weighted by Gasteiger charge is -2.26. The quantitative estimate of drug-likeness (QED) is 0.869. The molecule has 4 heteroatoms. The lowest BCUT2D eigenvalue weighted by atomic mass is 9.79. The van der Waals surface area contributed by atoms with E-state index < -0.39 is 5.97 Å². The van der Waals surface area contributed by atoms with E-state index in [4.69, 9.17) is 5.11 Å². The summed E-state index contributed by atoms with van der Waals surface area (Å²) in [6.45, 7) is 0. The average Bonchev–Trinajstić information content (AvgIpc) is 2.94. The van der Waals surface area contributed by atoms with Crippen LogP contribution in [0, 0.1) is 5.41 Å². The summed E-state index contributed by atoms with van der Waals surface area (Å²) >= 11 is 0. The van der Waals surface area contributed by atoms with Crippen molar-refractivity contribution in [2.24, 2.45) is 5.41 Å². The number of fused-ring (bicyclic) bond motifs is 1. The van der Waals surface area contributed by atoms with Crippen LogP contribution in [-0.2, 0) is 9.59 Å². The van der Waals surface area contributed by atoms with Crippen LogP contribution in [-0.4, -0.2) is 17.0 Å². The highest BCUT2D eigenvalue weighted by Gasteiger charge is 2.38. The lowest BCUT2D eigenvalue weighted by molar-refractivity contribution is -0.140. The summed E-state index contributed by atoms with van der Waals surface area (Å²) in [5.74, 6) is -0.908. The van der Waals surface area contributed by atoms with Crippen molar-refractivity contribution >= 4 is 28.3 Å². The van der Waals surface area contributed by atoms with Crippen LogP contribution in [0.4, 0.5) is 5.69 Å². The Balaban J connectivity index is 1.77. The standard InChI is InChI=1S/C19H21NO3/c21-17(12-19(13-18(22)23)10-3-4-11-19)20-16-9-5-7-14-6-1-2-8-15(14)16/h1-2,5-9H,3-4,10-13H2,(H,20,21)(H,22,23). The van der Waals surface area contributed by atoms with Crippen LogP contribution < -0.4 is 5.32 Å². The zero-order chi connectivity index (χ0) is 16.3. The van der Waals surface area contributed by atoms with E-state index in [-0.39, 0.29) is 24.2 Å². The van der Waals surface area contributed by atoms with Gasteiger partial charge in [-0.2, -0.15) is 0 Å². The van der Waals surface area contributed by atoms with Crippen LogP contribution >= 0.6 is 0 Å². The second-order valence-electron chi connectivity index (χ2n) is 6.53. The van der Waals surface area contributed by atoms with Gasteiger partial charge in [-0.1, -0.05) is 49.2 Å². The van der Waals surface area contributed by atoms with E-state index in [0.717, 1.165) is 42.1 Å². The number of amides is 1. The summed E-state index contributed by atoms with van der Waals surface area (Å²) < 4.78 is 0. The fourth-order valence-corrected chi connectivity index (χ4v) is 3.73. The first kappa shape index (κ1) is 15.5. The molecule has 0 aliphatic heterocycles. The van der Waals surface area contributed by atoms with Gasteiger partial charge in [0.05, 0.1) is 6.42 Å². The van der Waals surface area contributed by atoms with Gasteiger partial charge < -0.3 is 10.4 Å². The predicted molar refractivity (Wildman–Crippen MR) is 90.3 cm³/mol. The molecule has 1 fully saturated rings. The van der Waals surface area contributed by atoms with E-state index in [9.17, 15) is 9.59 Å². The van der Waals surface area contributed by atoms with Gasteiger partial charge in [-0.15, -0.1) is 0 Å². The molecule has 2 aromatic carbocycles. The molecule has 2 aromatic rings. The van der Waals surface area contributed by atoms with E-state index in [1.54, 1.807) is 0 Å². The van der Waals surface area contributed by atoms with Crippen LogP contribution in [0.5, 0.6) is 0 Å². The molecule has 1 amide bonds. The maximum absolute atomic E-state index is 12.5. The van der Waals surface area contributed by atoms with Gasteiger partial charge in [0.25, 0.3) is 0 Å². The van der Waals surface area contributed by atoms with Gasteiger partial charge in [-0.3, -0.25) is 9.59 Å². The Morgan fingerprint density at radius 1 is 1.00 bits per heavy atom. The smallest absolute Gasteiger partial charge is 0.303 e. The van der Waals surface area contributed by atoms with Gasteiger partial charge in [0.2, 0.25) is 5.91 Å². The van der Waals surface area contributed by atoms with Crippen molar-refractivity contribution in [2.75, 3.05) is 5.32 Å².